The molecule has 0 amide bonds. The number of para-hydroxylation sites is 1. The molecule has 0 aliphatic rings. The van der Waals surface area contributed by atoms with E-state index in [9.17, 15) is 0 Å². The molecule has 0 spiro atoms. The molecular weight excluding hydrogens is 196 g/mol. The van der Waals surface area contributed by atoms with Crippen LogP contribution in [0.1, 0.15) is 32.5 Å². The van der Waals surface area contributed by atoms with E-state index >= 15 is 0 Å². The Labute approximate surface area is 96.5 Å². The number of aromatic nitrogens is 1. The number of hydrogen-bond acceptors (Lipinski definition) is 2. The Balaban J connectivity index is 2.47. The fourth-order valence-electron chi connectivity index (χ4n) is 1.70. The summed E-state index contributed by atoms with van der Waals surface area (Å²) >= 11 is 0. The van der Waals surface area contributed by atoms with Crippen LogP contribution in [0.4, 0.5) is 0 Å². The van der Waals surface area contributed by atoms with Gasteiger partial charge in [-0.1, -0.05) is 45.0 Å². The maximum Gasteiger partial charge on any atom is 0.0706 e. The second kappa shape index (κ2) is 3.87. The molecule has 1 aromatic carbocycles. The Morgan fingerprint density at radius 1 is 1.06 bits per heavy atom. The van der Waals surface area contributed by atoms with E-state index in [4.69, 9.17) is 5.73 Å². The standard InChI is InChI=1S/C14H18N2/c1-14(2,3)13(15)12-9-8-10-6-4-5-7-11(10)16-12/h4-9,13H,15H2,1-3H3. The zero-order chi connectivity index (χ0) is 11.8. The first-order chi connectivity index (χ1) is 7.48. The van der Waals surface area contributed by atoms with Gasteiger partial charge in [0.2, 0.25) is 0 Å². The molecule has 2 nitrogen and oxygen atoms in total. The minimum absolute atomic E-state index is 0.0305. The highest BCUT2D eigenvalue weighted by Gasteiger charge is 2.23. The van der Waals surface area contributed by atoms with Crippen molar-refractivity contribution in [2.24, 2.45) is 11.1 Å². The third kappa shape index (κ3) is 2.07. The van der Waals surface area contributed by atoms with Crippen LogP contribution < -0.4 is 5.73 Å². The normalized spacial score (nSPS) is 14.0. The summed E-state index contributed by atoms with van der Waals surface area (Å²) in [6.07, 6.45) is 0. The van der Waals surface area contributed by atoms with Crippen molar-refractivity contribution in [3.8, 4) is 0 Å². The lowest BCUT2D eigenvalue weighted by atomic mass is 9.85. The average molecular weight is 214 g/mol. The summed E-state index contributed by atoms with van der Waals surface area (Å²) in [7, 11) is 0. The fourth-order valence-corrected chi connectivity index (χ4v) is 1.70. The molecule has 0 fully saturated rings. The molecular formula is C14H18N2. The average Bonchev–Trinajstić information content (AvgIpc) is 2.26. The van der Waals surface area contributed by atoms with Gasteiger partial charge in [-0.05, 0) is 17.5 Å². The zero-order valence-corrected chi connectivity index (χ0v) is 10.1. The van der Waals surface area contributed by atoms with Crippen LogP contribution in [0.25, 0.3) is 10.9 Å². The van der Waals surface area contributed by atoms with Crippen molar-refractivity contribution in [2.75, 3.05) is 0 Å². The Bertz CT molecular complexity index is 497. The topological polar surface area (TPSA) is 38.9 Å². The van der Waals surface area contributed by atoms with Crippen molar-refractivity contribution in [1.29, 1.82) is 0 Å². The lowest BCUT2D eigenvalue weighted by Gasteiger charge is -2.26. The van der Waals surface area contributed by atoms with Crippen molar-refractivity contribution in [2.45, 2.75) is 26.8 Å². The molecule has 84 valence electrons. The second-order valence-electron chi connectivity index (χ2n) is 5.27. The molecule has 0 radical (unpaired) electrons. The summed E-state index contributed by atoms with van der Waals surface area (Å²) in [5.74, 6) is 0. The van der Waals surface area contributed by atoms with Crippen LogP contribution in [0, 0.1) is 5.41 Å². The zero-order valence-electron chi connectivity index (χ0n) is 10.1. The monoisotopic (exact) mass is 214 g/mol. The van der Waals surface area contributed by atoms with Gasteiger partial charge >= 0.3 is 0 Å². The first kappa shape index (κ1) is 11.1. The first-order valence-electron chi connectivity index (χ1n) is 5.60. The quantitative estimate of drug-likeness (QED) is 0.791. The molecule has 2 N–H and O–H groups in total. The van der Waals surface area contributed by atoms with E-state index in [0.717, 1.165) is 16.6 Å². The van der Waals surface area contributed by atoms with Gasteiger partial charge in [-0.25, -0.2) is 0 Å². The number of fused-ring (bicyclic) bond motifs is 1. The molecule has 2 rings (SSSR count). The summed E-state index contributed by atoms with van der Waals surface area (Å²) in [6.45, 7) is 6.40. The van der Waals surface area contributed by atoms with Gasteiger partial charge in [0, 0.05) is 5.39 Å². The highest BCUT2D eigenvalue weighted by Crippen LogP contribution is 2.29. The van der Waals surface area contributed by atoms with E-state index in [-0.39, 0.29) is 11.5 Å². The molecule has 0 bridgehead atoms. The van der Waals surface area contributed by atoms with E-state index in [0.29, 0.717) is 0 Å². The van der Waals surface area contributed by atoms with Gasteiger partial charge < -0.3 is 5.73 Å². The Hall–Kier alpha value is -1.41. The third-order valence-electron chi connectivity index (χ3n) is 2.87. The van der Waals surface area contributed by atoms with Gasteiger partial charge in [-0.2, -0.15) is 0 Å². The molecule has 0 aliphatic heterocycles. The number of nitrogens with two attached hydrogens (primary N) is 1. The summed E-state index contributed by atoms with van der Waals surface area (Å²) < 4.78 is 0. The van der Waals surface area contributed by atoms with Crippen LogP contribution in [0.2, 0.25) is 0 Å². The smallest absolute Gasteiger partial charge is 0.0706 e. The Morgan fingerprint density at radius 2 is 1.75 bits per heavy atom. The van der Waals surface area contributed by atoms with E-state index in [1.807, 2.05) is 24.3 Å². The van der Waals surface area contributed by atoms with E-state index in [1.54, 1.807) is 0 Å². The van der Waals surface area contributed by atoms with Crippen LogP contribution in [-0.4, -0.2) is 4.98 Å². The number of hydrogen-bond donors (Lipinski definition) is 1. The lowest BCUT2D eigenvalue weighted by Crippen LogP contribution is -2.27. The molecule has 0 saturated heterocycles. The van der Waals surface area contributed by atoms with Crippen LogP contribution >= 0.6 is 0 Å². The molecule has 2 aromatic rings. The third-order valence-corrected chi connectivity index (χ3v) is 2.87. The molecule has 1 aromatic heterocycles. The van der Waals surface area contributed by atoms with E-state index < -0.39 is 0 Å². The second-order valence-corrected chi connectivity index (χ2v) is 5.27. The molecule has 2 heteroatoms. The van der Waals surface area contributed by atoms with E-state index in [2.05, 4.69) is 37.9 Å². The molecule has 0 aliphatic carbocycles. The minimum Gasteiger partial charge on any atom is -0.322 e. The van der Waals surface area contributed by atoms with Crippen LogP contribution in [0.5, 0.6) is 0 Å². The number of benzene rings is 1. The molecule has 1 unspecified atom stereocenters. The summed E-state index contributed by atoms with van der Waals surface area (Å²) in [5.41, 5.74) is 8.22. The van der Waals surface area contributed by atoms with Gasteiger partial charge in [-0.3, -0.25) is 4.98 Å². The van der Waals surface area contributed by atoms with Crippen LogP contribution in [0.3, 0.4) is 0 Å². The van der Waals surface area contributed by atoms with Gasteiger partial charge in [0.1, 0.15) is 0 Å². The summed E-state index contributed by atoms with van der Waals surface area (Å²) in [6, 6.07) is 12.2. The van der Waals surface area contributed by atoms with Gasteiger partial charge in [0.15, 0.2) is 0 Å². The molecule has 16 heavy (non-hydrogen) atoms. The van der Waals surface area contributed by atoms with Gasteiger partial charge in [-0.15, -0.1) is 0 Å². The summed E-state index contributed by atoms with van der Waals surface area (Å²) in [5, 5.41) is 1.16. The first-order valence-corrected chi connectivity index (χ1v) is 5.60. The Morgan fingerprint density at radius 3 is 2.44 bits per heavy atom. The van der Waals surface area contributed by atoms with Crippen molar-refractivity contribution < 1.29 is 0 Å². The highest BCUT2D eigenvalue weighted by molar-refractivity contribution is 5.78. The molecule has 1 atom stereocenters. The van der Waals surface area contributed by atoms with Crippen molar-refractivity contribution in [3.05, 3.63) is 42.1 Å². The van der Waals surface area contributed by atoms with Gasteiger partial charge in [0.05, 0.1) is 17.3 Å². The maximum absolute atomic E-state index is 6.20. The van der Waals surface area contributed by atoms with E-state index in [1.165, 1.54) is 0 Å². The Kier molecular flexibility index (Phi) is 2.68. The number of rotatable bonds is 1. The van der Waals surface area contributed by atoms with Gasteiger partial charge in [0.25, 0.3) is 0 Å². The van der Waals surface area contributed by atoms with Crippen molar-refractivity contribution >= 4 is 10.9 Å². The highest BCUT2D eigenvalue weighted by atomic mass is 14.8. The largest absolute Gasteiger partial charge is 0.322 e. The predicted molar refractivity (Wildman–Crippen MR) is 68.1 cm³/mol. The summed E-state index contributed by atoms with van der Waals surface area (Å²) in [4.78, 5) is 4.62. The molecule has 0 saturated carbocycles. The van der Waals surface area contributed by atoms with Crippen molar-refractivity contribution in [3.63, 3.8) is 0 Å². The van der Waals surface area contributed by atoms with Crippen LogP contribution in [-0.2, 0) is 0 Å². The minimum atomic E-state index is -0.0305. The lowest BCUT2D eigenvalue weighted by molar-refractivity contribution is 0.322. The SMILES string of the molecule is CC(C)(C)C(N)c1ccc2ccccc2n1. The number of nitrogens with zero attached hydrogens (tertiary/aromatic N) is 1. The van der Waals surface area contributed by atoms with Crippen LogP contribution in [0.15, 0.2) is 36.4 Å². The molecule has 1 heterocycles. The number of pyridine rings is 1. The van der Waals surface area contributed by atoms with Crippen molar-refractivity contribution in [1.82, 2.24) is 4.98 Å². The predicted octanol–water partition coefficient (Wildman–Crippen LogP) is 3.28. The maximum atomic E-state index is 6.20. The fraction of sp³-hybridized carbons (Fsp3) is 0.357.